The summed E-state index contributed by atoms with van der Waals surface area (Å²) in [5, 5.41) is 11.7. The van der Waals surface area contributed by atoms with E-state index in [9.17, 15) is 13.9 Å². The monoisotopic (exact) mass is 304 g/mol. The van der Waals surface area contributed by atoms with Crippen molar-refractivity contribution in [1.82, 2.24) is 0 Å². The molecule has 0 amide bonds. The van der Waals surface area contributed by atoms with Crippen molar-refractivity contribution >= 4 is 27.3 Å². The summed E-state index contributed by atoms with van der Waals surface area (Å²) in [7, 11) is 0. The van der Waals surface area contributed by atoms with Crippen LogP contribution in [0.4, 0.5) is 8.78 Å². The molecule has 0 aliphatic carbocycles. The molecule has 16 heavy (non-hydrogen) atoms. The highest BCUT2D eigenvalue weighted by atomic mass is 79.9. The minimum Gasteiger partial charge on any atom is -0.383 e. The smallest absolute Gasteiger partial charge is 0.129 e. The molecule has 1 heterocycles. The molecule has 0 spiro atoms. The molecule has 0 radical (unpaired) electrons. The first-order valence-electron chi connectivity index (χ1n) is 4.45. The first kappa shape index (κ1) is 11.7. The molecule has 0 aliphatic rings. The van der Waals surface area contributed by atoms with Gasteiger partial charge in [-0.05, 0) is 45.6 Å². The third-order valence-corrected chi connectivity index (χ3v) is 4.07. The van der Waals surface area contributed by atoms with Crippen molar-refractivity contribution in [2.45, 2.75) is 6.10 Å². The number of hydrogen-bond donors (Lipinski definition) is 1. The number of hydrogen-bond acceptors (Lipinski definition) is 2. The second-order valence-electron chi connectivity index (χ2n) is 3.20. The first-order valence-corrected chi connectivity index (χ1v) is 6.13. The molecule has 1 N–H and O–H groups in total. The van der Waals surface area contributed by atoms with Crippen molar-refractivity contribution in [3.63, 3.8) is 0 Å². The van der Waals surface area contributed by atoms with Crippen LogP contribution >= 0.6 is 27.3 Å². The summed E-state index contributed by atoms with van der Waals surface area (Å²) in [5.74, 6) is -1.18. The lowest BCUT2D eigenvalue weighted by atomic mass is 10.1. The molecule has 1 aromatic heterocycles. The van der Waals surface area contributed by atoms with E-state index in [0.717, 1.165) is 18.2 Å². The highest BCUT2D eigenvalue weighted by Gasteiger charge is 2.19. The fourth-order valence-corrected chi connectivity index (χ4v) is 2.96. The Bertz CT molecular complexity index is 512. The minimum absolute atomic E-state index is 0.0526. The van der Waals surface area contributed by atoms with Crippen molar-refractivity contribution in [2.75, 3.05) is 0 Å². The molecule has 0 saturated heterocycles. The van der Waals surface area contributed by atoms with Gasteiger partial charge in [-0.3, -0.25) is 0 Å². The van der Waals surface area contributed by atoms with Gasteiger partial charge in [0.15, 0.2) is 0 Å². The van der Waals surface area contributed by atoms with E-state index in [0.29, 0.717) is 9.35 Å². The molecule has 1 unspecified atom stereocenters. The maximum absolute atomic E-state index is 13.4. The van der Waals surface area contributed by atoms with Gasteiger partial charge in [-0.25, -0.2) is 8.78 Å². The van der Waals surface area contributed by atoms with Gasteiger partial charge in [-0.15, -0.1) is 11.3 Å². The van der Waals surface area contributed by atoms with E-state index in [2.05, 4.69) is 15.9 Å². The van der Waals surface area contributed by atoms with Crippen LogP contribution in [0.25, 0.3) is 0 Å². The van der Waals surface area contributed by atoms with Crippen LogP contribution in [0.1, 0.15) is 16.5 Å². The van der Waals surface area contributed by atoms with Crippen molar-refractivity contribution in [2.24, 2.45) is 0 Å². The molecular weight excluding hydrogens is 298 g/mol. The van der Waals surface area contributed by atoms with Gasteiger partial charge >= 0.3 is 0 Å². The predicted octanol–water partition coefficient (Wildman–Crippen LogP) is 3.87. The van der Waals surface area contributed by atoms with Crippen molar-refractivity contribution in [1.29, 1.82) is 0 Å². The van der Waals surface area contributed by atoms with Gasteiger partial charge < -0.3 is 5.11 Å². The zero-order valence-electron chi connectivity index (χ0n) is 7.95. The summed E-state index contributed by atoms with van der Waals surface area (Å²) in [5.41, 5.74) is -0.0526. The number of aliphatic hydroxyl groups excluding tert-OH is 1. The van der Waals surface area contributed by atoms with E-state index < -0.39 is 17.7 Å². The van der Waals surface area contributed by atoms with Crippen molar-refractivity contribution in [3.8, 4) is 0 Å². The van der Waals surface area contributed by atoms with E-state index in [1.807, 2.05) is 0 Å². The molecule has 1 nitrogen and oxygen atoms in total. The van der Waals surface area contributed by atoms with E-state index in [-0.39, 0.29) is 5.56 Å². The van der Waals surface area contributed by atoms with Crippen LogP contribution in [0.2, 0.25) is 0 Å². The normalized spacial score (nSPS) is 12.8. The average molecular weight is 305 g/mol. The second kappa shape index (κ2) is 4.61. The van der Waals surface area contributed by atoms with Gasteiger partial charge in [-0.2, -0.15) is 0 Å². The molecule has 0 aliphatic heterocycles. The van der Waals surface area contributed by atoms with Crippen LogP contribution in [0.5, 0.6) is 0 Å². The van der Waals surface area contributed by atoms with Crippen LogP contribution in [0.3, 0.4) is 0 Å². The summed E-state index contributed by atoms with van der Waals surface area (Å²) >= 11 is 4.52. The summed E-state index contributed by atoms with van der Waals surface area (Å²) in [6.45, 7) is 0. The summed E-state index contributed by atoms with van der Waals surface area (Å²) in [4.78, 5) is 0.560. The fraction of sp³-hybridized carbons (Fsp3) is 0.0909. The van der Waals surface area contributed by atoms with Crippen molar-refractivity contribution in [3.05, 3.63) is 56.2 Å². The molecule has 2 aromatic rings. The molecule has 1 aromatic carbocycles. The van der Waals surface area contributed by atoms with Gasteiger partial charge in [0.25, 0.3) is 0 Å². The zero-order valence-corrected chi connectivity index (χ0v) is 10.4. The van der Waals surface area contributed by atoms with E-state index in [4.69, 9.17) is 0 Å². The number of aliphatic hydroxyl groups is 1. The topological polar surface area (TPSA) is 20.2 Å². The van der Waals surface area contributed by atoms with Crippen LogP contribution < -0.4 is 0 Å². The Kier molecular flexibility index (Phi) is 3.37. The number of rotatable bonds is 2. The maximum atomic E-state index is 13.4. The predicted molar refractivity (Wildman–Crippen MR) is 62.4 cm³/mol. The highest BCUT2D eigenvalue weighted by Crippen LogP contribution is 2.34. The van der Waals surface area contributed by atoms with Gasteiger partial charge in [0.05, 0.1) is 4.88 Å². The van der Waals surface area contributed by atoms with E-state index in [1.54, 1.807) is 11.4 Å². The third kappa shape index (κ3) is 2.16. The van der Waals surface area contributed by atoms with Gasteiger partial charge in [0.1, 0.15) is 17.7 Å². The summed E-state index contributed by atoms with van der Waals surface area (Å²) < 4.78 is 27.1. The van der Waals surface area contributed by atoms with Crippen LogP contribution in [0.15, 0.2) is 34.1 Å². The largest absolute Gasteiger partial charge is 0.383 e. The minimum atomic E-state index is -1.15. The molecule has 1 atom stereocenters. The lowest BCUT2D eigenvalue weighted by Crippen LogP contribution is -2.01. The second-order valence-corrected chi connectivity index (χ2v) is 5.00. The number of halogens is 3. The first-order chi connectivity index (χ1) is 7.59. The zero-order chi connectivity index (χ0) is 11.7. The van der Waals surface area contributed by atoms with E-state index in [1.165, 1.54) is 11.3 Å². The fourth-order valence-electron chi connectivity index (χ4n) is 1.37. The highest BCUT2D eigenvalue weighted by molar-refractivity contribution is 9.10. The van der Waals surface area contributed by atoms with Gasteiger partial charge in [0, 0.05) is 10.0 Å². The molecule has 0 fully saturated rings. The average Bonchev–Trinajstić information content (AvgIpc) is 2.67. The quantitative estimate of drug-likeness (QED) is 0.893. The summed E-state index contributed by atoms with van der Waals surface area (Å²) in [6, 6.07) is 4.79. The Morgan fingerprint density at radius 2 is 2.00 bits per heavy atom. The van der Waals surface area contributed by atoms with Crippen LogP contribution in [0, 0.1) is 11.6 Å². The van der Waals surface area contributed by atoms with E-state index >= 15 is 0 Å². The molecule has 0 bridgehead atoms. The van der Waals surface area contributed by atoms with Crippen molar-refractivity contribution < 1.29 is 13.9 Å². The molecular formula is C11H7BrF2OS. The molecule has 84 valence electrons. The van der Waals surface area contributed by atoms with Crippen LogP contribution in [-0.2, 0) is 0 Å². The van der Waals surface area contributed by atoms with Crippen LogP contribution in [-0.4, -0.2) is 5.11 Å². The Labute approximate surface area is 103 Å². The standard InChI is InChI=1S/C11H7BrF2OS/c12-8-3-4-16-11(8)10(15)7-5-6(13)1-2-9(7)14/h1-5,10,15H. The van der Waals surface area contributed by atoms with Gasteiger partial charge in [0.2, 0.25) is 0 Å². The lowest BCUT2D eigenvalue weighted by Gasteiger charge is -2.11. The molecule has 5 heteroatoms. The Hall–Kier alpha value is -0.780. The molecule has 2 rings (SSSR count). The maximum Gasteiger partial charge on any atom is 0.129 e. The third-order valence-electron chi connectivity index (χ3n) is 2.15. The number of benzene rings is 1. The SMILES string of the molecule is OC(c1cc(F)ccc1F)c1sccc1Br. The van der Waals surface area contributed by atoms with Gasteiger partial charge in [-0.1, -0.05) is 0 Å². The number of thiophene rings is 1. The molecule has 0 saturated carbocycles. The Morgan fingerprint density at radius 3 is 2.62 bits per heavy atom. The Balaban J connectivity index is 2.45. The lowest BCUT2D eigenvalue weighted by molar-refractivity contribution is 0.217. The Morgan fingerprint density at radius 1 is 1.25 bits per heavy atom. The summed E-state index contributed by atoms with van der Waals surface area (Å²) in [6.07, 6.45) is -1.15.